The third kappa shape index (κ3) is 12.5. The Morgan fingerprint density at radius 3 is 1.44 bits per heavy atom. The predicted molar refractivity (Wildman–Crippen MR) is 144 cm³/mol. The summed E-state index contributed by atoms with van der Waals surface area (Å²) in [6, 6.07) is 0. The summed E-state index contributed by atoms with van der Waals surface area (Å²) in [5.41, 5.74) is 5.24. The van der Waals surface area contributed by atoms with Crippen molar-refractivity contribution in [1.29, 1.82) is 0 Å². The van der Waals surface area contributed by atoms with Gasteiger partial charge in [-0.1, -0.05) is 129 Å². The Balaban J connectivity index is 1.98. The molecule has 194 valence electrons. The van der Waals surface area contributed by atoms with Gasteiger partial charge in [-0.15, -0.1) is 0 Å². The summed E-state index contributed by atoms with van der Waals surface area (Å²) in [5.74, 6) is -0.564. The van der Waals surface area contributed by atoms with Crippen molar-refractivity contribution in [2.24, 2.45) is 5.73 Å². The first kappa shape index (κ1) is 31.6. The first-order valence-corrected chi connectivity index (χ1v) is 13.9. The normalized spacial score (nSPS) is 11.0. The van der Waals surface area contributed by atoms with Crippen LogP contribution in [0.1, 0.15) is 89.9 Å². The molecule has 1 amide bonds. The highest BCUT2D eigenvalue weighted by molar-refractivity contribution is 6.55. The highest BCUT2D eigenvalue weighted by atomic mass is 35.5. The average molecular weight is 577 g/mol. The molecule has 0 bridgehead atoms. The van der Waals surface area contributed by atoms with E-state index < -0.39 is 5.97 Å². The smallest absolute Gasteiger partial charge is 0.311 e. The van der Waals surface area contributed by atoms with Crippen LogP contribution in [-0.2, 0) is 9.59 Å². The van der Waals surface area contributed by atoms with Crippen molar-refractivity contribution < 1.29 is 14.3 Å². The standard InChI is InChI=1S/C24H35Cl5N2O3/c25-19-20(26)22(28)24(23(29)21(19)27)34-18(33)14-12-10-8-6-4-2-1-3-5-7-9-11-13-15-31-17(32)16-30/h1-16,30H2,(H,31,32). The van der Waals surface area contributed by atoms with E-state index in [2.05, 4.69) is 5.32 Å². The van der Waals surface area contributed by atoms with Gasteiger partial charge >= 0.3 is 5.97 Å². The van der Waals surface area contributed by atoms with Crippen LogP contribution in [0.15, 0.2) is 0 Å². The number of benzene rings is 1. The quantitative estimate of drug-likeness (QED) is 0.0604. The van der Waals surface area contributed by atoms with E-state index in [9.17, 15) is 9.59 Å². The van der Waals surface area contributed by atoms with E-state index in [1.165, 1.54) is 51.4 Å². The van der Waals surface area contributed by atoms with E-state index in [4.69, 9.17) is 68.5 Å². The van der Waals surface area contributed by atoms with Crippen molar-refractivity contribution in [3.63, 3.8) is 0 Å². The van der Waals surface area contributed by atoms with Crippen molar-refractivity contribution in [3.8, 4) is 5.75 Å². The van der Waals surface area contributed by atoms with Gasteiger partial charge in [-0.2, -0.15) is 0 Å². The topological polar surface area (TPSA) is 81.4 Å². The molecule has 5 nitrogen and oxygen atoms in total. The van der Waals surface area contributed by atoms with E-state index in [1.54, 1.807) is 0 Å². The lowest BCUT2D eigenvalue weighted by Gasteiger charge is -2.12. The average Bonchev–Trinajstić information content (AvgIpc) is 2.83. The van der Waals surface area contributed by atoms with Crippen molar-refractivity contribution >= 4 is 69.9 Å². The number of amides is 1. The first-order chi connectivity index (χ1) is 16.3. The minimum Gasteiger partial charge on any atom is -0.423 e. The van der Waals surface area contributed by atoms with Gasteiger partial charge in [-0.25, -0.2) is 0 Å². The molecule has 0 aliphatic heterocycles. The van der Waals surface area contributed by atoms with Crippen molar-refractivity contribution in [1.82, 2.24) is 5.32 Å². The molecule has 0 saturated carbocycles. The van der Waals surface area contributed by atoms with Crippen molar-refractivity contribution in [2.75, 3.05) is 13.1 Å². The van der Waals surface area contributed by atoms with E-state index >= 15 is 0 Å². The Bertz CT molecular complexity index is 748. The van der Waals surface area contributed by atoms with Gasteiger partial charge in [0.1, 0.15) is 10.0 Å². The maximum Gasteiger partial charge on any atom is 0.311 e. The summed E-state index contributed by atoms with van der Waals surface area (Å²) in [5, 5.41) is 2.78. The number of nitrogens with one attached hydrogen (secondary N) is 1. The second kappa shape index (κ2) is 18.8. The van der Waals surface area contributed by atoms with Crippen LogP contribution in [-0.4, -0.2) is 25.0 Å². The fourth-order valence-corrected chi connectivity index (χ4v) is 4.68. The third-order valence-corrected chi connectivity index (χ3v) is 7.69. The lowest BCUT2D eigenvalue weighted by molar-refractivity contribution is -0.134. The van der Waals surface area contributed by atoms with Crippen LogP contribution in [0.3, 0.4) is 0 Å². The molecule has 0 atom stereocenters. The summed E-state index contributed by atoms with van der Waals surface area (Å²) in [6.07, 6.45) is 15.2. The summed E-state index contributed by atoms with van der Waals surface area (Å²) >= 11 is 30.1. The van der Waals surface area contributed by atoms with Crippen LogP contribution in [0.2, 0.25) is 25.1 Å². The molecular weight excluding hydrogens is 542 g/mol. The van der Waals surface area contributed by atoms with Gasteiger partial charge in [0.05, 0.1) is 21.6 Å². The molecule has 1 aromatic rings. The van der Waals surface area contributed by atoms with Crippen molar-refractivity contribution in [3.05, 3.63) is 25.1 Å². The Morgan fingerprint density at radius 2 is 1.00 bits per heavy atom. The number of halogens is 5. The van der Waals surface area contributed by atoms with E-state index in [-0.39, 0.29) is 49.7 Å². The Morgan fingerprint density at radius 1 is 0.618 bits per heavy atom. The van der Waals surface area contributed by atoms with Crippen LogP contribution in [0.5, 0.6) is 5.75 Å². The van der Waals surface area contributed by atoms with Gasteiger partial charge in [0.2, 0.25) is 5.91 Å². The zero-order valence-electron chi connectivity index (χ0n) is 19.5. The molecule has 0 fully saturated rings. The molecule has 0 heterocycles. The SMILES string of the molecule is NCC(=O)NCCCCCCCCCCCCCCCC(=O)Oc1c(Cl)c(Cl)c(Cl)c(Cl)c1Cl. The predicted octanol–water partition coefficient (Wildman–Crippen LogP) is 8.40. The molecule has 34 heavy (non-hydrogen) atoms. The number of nitrogens with two attached hydrogens (primary N) is 1. The van der Waals surface area contributed by atoms with Gasteiger partial charge in [0.15, 0.2) is 5.75 Å². The Kier molecular flexibility index (Phi) is 17.5. The molecule has 0 radical (unpaired) electrons. The number of hydrogen-bond donors (Lipinski definition) is 2. The second-order valence-corrected chi connectivity index (χ2v) is 10.2. The van der Waals surface area contributed by atoms with Crippen molar-refractivity contribution in [2.45, 2.75) is 89.9 Å². The molecule has 0 aliphatic rings. The monoisotopic (exact) mass is 574 g/mol. The van der Waals surface area contributed by atoms with E-state index in [0.717, 1.165) is 38.6 Å². The third-order valence-electron chi connectivity index (χ3n) is 5.45. The molecule has 3 N–H and O–H groups in total. The highest BCUT2D eigenvalue weighted by Gasteiger charge is 2.22. The maximum atomic E-state index is 12.1. The number of esters is 1. The molecule has 0 saturated heterocycles. The number of ether oxygens (including phenoxy) is 1. The zero-order valence-corrected chi connectivity index (χ0v) is 23.3. The summed E-state index contributed by atoms with van der Waals surface area (Å²) in [4.78, 5) is 23.1. The molecule has 10 heteroatoms. The molecule has 0 aliphatic carbocycles. The van der Waals surface area contributed by atoms with Crippen LogP contribution in [0.4, 0.5) is 0 Å². The second-order valence-electron chi connectivity index (χ2n) is 8.27. The first-order valence-electron chi connectivity index (χ1n) is 12.0. The molecule has 0 aromatic heterocycles. The molecule has 1 rings (SSSR count). The largest absolute Gasteiger partial charge is 0.423 e. The fourth-order valence-electron chi connectivity index (χ4n) is 3.48. The molecular formula is C24H35Cl5N2O3. The maximum absolute atomic E-state index is 12.1. The number of rotatable bonds is 18. The number of carbonyl (C=O) groups excluding carboxylic acids is 2. The number of unbranched alkanes of at least 4 members (excludes halogenated alkanes) is 12. The molecule has 1 aromatic carbocycles. The fraction of sp³-hybridized carbons (Fsp3) is 0.667. The Hall–Kier alpha value is -0.430. The minimum absolute atomic E-state index is 0.00544. The van der Waals surface area contributed by atoms with Crippen LogP contribution in [0.25, 0.3) is 0 Å². The molecule has 0 unspecified atom stereocenters. The lowest BCUT2D eigenvalue weighted by atomic mass is 10.0. The van der Waals surface area contributed by atoms with Crippen LogP contribution >= 0.6 is 58.0 Å². The minimum atomic E-state index is -0.432. The number of carbonyl (C=O) groups is 2. The number of hydrogen-bond acceptors (Lipinski definition) is 4. The van der Waals surface area contributed by atoms with Crippen LogP contribution in [0, 0.1) is 0 Å². The van der Waals surface area contributed by atoms with Gasteiger partial charge in [-0.05, 0) is 12.8 Å². The van der Waals surface area contributed by atoms with Gasteiger partial charge < -0.3 is 15.8 Å². The lowest BCUT2D eigenvalue weighted by Crippen LogP contribution is -2.30. The summed E-state index contributed by atoms with van der Waals surface area (Å²) in [6.45, 7) is 0.795. The van der Waals surface area contributed by atoms with Gasteiger partial charge in [0.25, 0.3) is 0 Å². The van der Waals surface area contributed by atoms with E-state index in [1.807, 2.05) is 0 Å². The van der Waals surface area contributed by atoms with Gasteiger partial charge in [0, 0.05) is 13.0 Å². The van der Waals surface area contributed by atoms with Gasteiger partial charge in [-0.3, -0.25) is 9.59 Å². The molecule has 0 spiro atoms. The van der Waals surface area contributed by atoms with E-state index in [0.29, 0.717) is 0 Å². The Labute approximate surface area is 228 Å². The summed E-state index contributed by atoms with van der Waals surface area (Å²) < 4.78 is 5.27. The highest BCUT2D eigenvalue weighted by Crippen LogP contribution is 2.48. The zero-order chi connectivity index (χ0) is 25.3. The van der Waals surface area contributed by atoms with Crippen LogP contribution < -0.4 is 15.8 Å². The summed E-state index contributed by atoms with van der Waals surface area (Å²) in [7, 11) is 0.